The summed E-state index contributed by atoms with van der Waals surface area (Å²) < 4.78 is 0. The lowest BCUT2D eigenvalue weighted by molar-refractivity contribution is -0.267. The average Bonchev–Trinajstić information content (AvgIpc) is 0.811. The van der Waals surface area contributed by atoms with Crippen LogP contribution in [0.25, 0.3) is 0 Å². The molecular weight excluding hydrogens is 62.0 g/mol. The minimum Gasteiger partial charge on any atom is -0.738 e. The maximum atomic E-state index is 8.47. The van der Waals surface area contributed by atoms with E-state index < -0.39 is 5.39 Å². The summed E-state index contributed by atoms with van der Waals surface area (Å²) in [5, 5.41) is 21.0. The SMILES string of the molecule is [O-]N(O)O. The lowest BCUT2D eigenvalue weighted by atomic mass is 13.0. The molecule has 0 amide bonds. The lowest BCUT2D eigenvalue weighted by Gasteiger charge is -2.05. The summed E-state index contributed by atoms with van der Waals surface area (Å²) in [4.78, 5) is 0. The van der Waals surface area contributed by atoms with Gasteiger partial charge in [0.1, 0.15) is 0 Å². The van der Waals surface area contributed by atoms with Gasteiger partial charge in [0, 0.05) is 0 Å². The van der Waals surface area contributed by atoms with E-state index in [0.29, 0.717) is 0 Å². The Hall–Kier alpha value is -0.160. The van der Waals surface area contributed by atoms with Crippen molar-refractivity contribution < 1.29 is 10.4 Å². The zero-order valence-electron chi connectivity index (χ0n) is 1.75. The van der Waals surface area contributed by atoms with Crippen molar-refractivity contribution in [3.63, 3.8) is 0 Å². The molecule has 0 bridgehead atoms. The number of rotatable bonds is 0. The van der Waals surface area contributed by atoms with Gasteiger partial charge in [-0.2, -0.15) is 0 Å². The van der Waals surface area contributed by atoms with Crippen molar-refractivity contribution in [2.45, 2.75) is 0 Å². The highest BCUT2D eigenvalue weighted by molar-refractivity contribution is 4.01. The molecule has 4 heteroatoms. The first-order chi connectivity index (χ1) is 1.73. The fourth-order valence-electron chi connectivity index (χ4n) is 0. The van der Waals surface area contributed by atoms with Crippen molar-refractivity contribution in [1.29, 1.82) is 0 Å². The molecule has 0 fully saturated rings. The van der Waals surface area contributed by atoms with Gasteiger partial charge in [-0.25, -0.2) is 0 Å². The highest BCUT2D eigenvalue weighted by Gasteiger charge is 1.46. The molecule has 0 aromatic rings. The van der Waals surface area contributed by atoms with Gasteiger partial charge >= 0.3 is 0 Å². The Kier molecular flexibility index (Phi) is 1.14. The second-order valence-electron chi connectivity index (χ2n) is 0.253. The van der Waals surface area contributed by atoms with Crippen LogP contribution in [0.3, 0.4) is 0 Å². The Balaban J connectivity index is 2.32. The van der Waals surface area contributed by atoms with Crippen molar-refractivity contribution in [1.82, 2.24) is 5.39 Å². The zero-order chi connectivity index (χ0) is 3.58. The second kappa shape index (κ2) is 1.19. The van der Waals surface area contributed by atoms with Gasteiger partial charge in [0.05, 0.1) is 0 Å². The highest BCUT2D eigenvalue weighted by atomic mass is 17.0. The number of nitrogens with zero attached hydrogens (tertiary/aromatic N) is 1. The van der Waals surface area contributed by atoms with Crippen molar-refractivity contribution in [2.75, 3.05) is 0 Å². The summed E-state index contributed by atoms with van der Waals surface area (Å²) in [6.07, 6.45) is 0. The van der Waals surface area contributed by atoms with Gasteiger partial charge in [0.25, 0.3) is 0 Å². The van der Waals surface area contributed by atoms with Crippen LogP contribution in [-0.4, -0.2) is 15.8 Å². The average molecular weight is 64.0 g/mol. The molecule has 4 heavy (non-hydrogen) atoms. The van der Waals surface area contributed by atoms with Crippen LogP contribution >= 0.6 is 0 Å². The van der Waals surface area contributed by atoms with Crippen molar-refractivity contribution in [2.24, 2.45) is 0 Å². The van der Waals surface area contributed by atoms with Gasteiger partial charge < -0.3 is 15.6 Å². The molecule has 4 nitrogen and oxygen atoms in total. The van der Waals surface area contributed by atoms with E-state index in [1.807, 2.05) is 0 Å². The highest BCUT2D eigenvalue weighted by Crippen LogP contribution is 1.49. The summed E-state index contributed by atoms with van der Waals surface area (Å²) >= 11 is 0. The third kappa shape index (κ3) is 50.7. The predicted molar refractivity (Wildman–Crippen MR) is 8.78 cm³/mol. The van der Waals surface area contributed by atoms with Gasteiger partial charge in [0.2, 0.25) is 0 Å². The zero-order valence-corrected chi connectivity index (χ0v) is 1.75. The molecule has 0 aromatic carbocycles. The lowest BCUT2D eigenvalue weighted by Crippen LogP contribution is -1.99. The molecule has 0 aliphatic heterocycles. The first-order valence-corrected chi connectivity index (χ1v) is 0.583. The van der Waals surface area contributed by atoms with Crippen LogP contribution in [0.1, 0.15) is 0 Å². The molecule has 0 spiro atoms. The van der Waals surface area contributed by atoms with Crippen molar-refractivity contribution in [3.05, 3.63) is 5.21 Å². The van der Waals surface area contributed by atoms with E-state index >= 15 is 0 Å². The quantitative estimate of drug-likeness (QED) is 0.375. The molecule has 0 unspecified atom stereocenters. The first-order valence-electron chi connectivity index (χ1n) is 0.583. The Morgan fingerprint density at radius 3 is 1.50 bits per heavy atom. The van der Waals surface area contributed by atoms with Crippen LogP contribution in [0.4, 0.5) is 0 Å². The van der Waals surface area contributed by atoms with E-state index in [1.54, 1.807) is 0 Å². The molecule has 0 aliphatic rings. The summed E-state index contributed by atoms with van der Waals surface area (Å²) in [6.45, 7) is 0. The second-order valence-corrected chi connectivity index (χ2v) is 0.253. The van der Waals surface area contributed by atoms with E-state index in [1.165, 1.54) is 0 Å². The van der Waals surface area contributed by atoms with E-state index in [9.17, 15) is 0 Å². The van der Waals surface area contributed by atoms with Crippen LogP contribution in [0.2, 0.25) is 0 Å². The van der Waals surface area contributed by atoms with Crippen molar-refractivity contribution in [3.8, 4) is 0 Å². The monoisotopic (exact) mass is 64.0 g/mol. The minimum atomic E-state index is -1.25. The van der Waals surface area contributed by atoms with Crippen molar-refractivity contribution >= 4 is 0 Å². The molecule has 0 rings (SSSR count). The standard InChI is InChI=1S/H2NO3/c2-1(3)4/h2-3H/q-1. The van der Waals surface area contributed by atoms with Crippen LogP contribution in [0, 0.1) is 5.21 Å². The maximum Gasteiger partial charge on any atom is -0.139 e. The van der Waals surface area contributed by atoms with Crippen LogP contribution < -0.4 is 0 Å². The molecule has 0 aliphatic carbocycles. The summed E-state index contributed by atoms with van der Waals surface area (Å²) in [5.41, 5.74) is 0. The molecular formula is H2NO3-. The summed E-state index contributed by atoms with van der Waals surface area (Å²) in [5.74, 6) is 0. The van der Waals surface area contributed by atoms with Gasteiger partial charge in [-0.3, -0.25) is 0 Å². The van der Waals surface area contributed by atoms with E-state index in [0.717, 1.165) is 0 Å². The fraction of sp³-hybridized carbons (Fsp3) is 0. The summed E-state index contributed by atoms with van der Waals surface area (Å²) in [6, 6.07) is 0. The normalized spacial score (nSPS) is 9.00. The maximum absolute atomic E-state index is 8.47. The molecule has 2 N–H and O–H groups in total. The smallest absolute Gasteiger partial charge is 0.139 e. The van der Waals surface area contributed by atoms with E-state index in [2.05, 4.69) is 0 Å². The molecule has 0 atom stereocenters. The molecule has 0 heterocycles. The molecule has 0 radical (unpaired) electrons. The predicted octanol–water partition coefficient (Wildman–Crippen LogP) is -0.435. The minimum absolute atomic E-state index is 1.25. The topological polar surface area (TPSA) is 66.8 Å². The Labute approximate surface area is 22.4 Å². The van der Waals surface area contributed by atoms with Gasteiger partial charge in [-0.05, 0) is 0 Å². The number of hydrogen-bond donors (Lipinski definition) is 2. The van der Waals surface area contributed by atoms with Crippen LogP contribution in [0.5, 0.6) is 0 Å². The Bertz CT molecular complexity index is 8.00. The molecule has 0 saturated carbocycles. The van der Waals surface area contributed by atoms with Gasteiger partial charge in [-0.15, -0.1) is 5.39 Å². The number of hydrogen-bond acceptors (Lipinski definition) is 4. The Morgan fingerprint density at radius 2 is 1.50 bits per heavy atom. The van der Waals surface area contributed by atoms with E-state index in [-0.39, 0.29) is 0 Å². The summed E-state index contributed by atoms with van der Waals surface area (Å²) in [7, 11) is 0. The van der Waals surface area contributed by atoms with E-state index in [4.69, 9.17) is 15.6 Å². The fourth-order valence-corrected chi connectivity index (χ4v) is 0. The Morgan fingerprint density at radius 1 is 1.50 bits per heavy atom. The molecule has 0 aromatic heterocycles. The van der Waals surface area contributed by atoms with Gasteiger partial charge in [-0.1, -0.05) is 0 Å². The largest absolute Gasteiger partial charge is 0.738 e. The molecule has 0 saturated heterocycles. The first kappa shape index (κ1) is 3.84. The third-order valence-corrected chi connectivity index (χ3v) is 0. The molecule has 26 valence electrons. The van der Waals surface area contributed by atoms with Crippen LogP contribution in [-0.2, 0) is 0 Å². The van der Waals surface area contributed by atoms with Gasteiger partial charge in [0.15, 0.2) is 0 Å². The third-order valence-electron chi connectivity index (χ3n) is 0. The van der Waals surface area contributed by atoms with Crippen LogP contribution in [0.15, 0.2) is 0 Å².